The molecule has 3 N–H and O–H groups in total. The quantitative estimate of drug-likeness (QED) is 0.744. The molecule has 0 atom stereocenters. The van der Waals surface area contributed by atoms with Gasteiger partial charge in [0.1, 0.15) is 0 Å². The Morgan fingerprint density at radius 2 is 1.79 bits per heavy atom. The van der Waals surface area contributed by atoms with Gasteiger partial charge in [-0.05, 0) is 12.1 Å². The second-order valence-corrected chi connectivity index (χ2v) is 4.28. The van der Waals surface area contributed by atoms with Gasteiger partial charge in [-0.15, -0.1) is 0 Å². The Kier molecular flexibility index (Phi) is 5.49. The number of nitrogens with zero attached hydrogens (tertiary/aromatic N) is 1. The number of aromatic nitrogens is 1. The Hall–Kier alpha value is -2.41. The van der Waals surface area contributed by atoms with Gasteiger partial charge in [-0.3, -0.25) is 0 Å². The normalized spacial score (nSPS) is 9.95. The minimum atomic E-state index is -1.26. The van der Waals surface area contributed by atoms with Crippen molar-refractivity contribution in [3.63, 3.8) is 0 Å². The van der Waals surface area contributed by atoms with Crippen LogP contribution in [0.25, 0.3) is 10.2 Å². The van der Waals surface area contributed by atoms with E-state index in [2.05, 4.69) is 16.4 Å². The number of anilines is 1. The summed E-state index contributed by atoms with van der Waals surface area (Å²) in [5.74, 6) is -2.51. The summed E-state index contributed by atoms with van der Waals surface area (Å²) in [5.41, 5.74) is 1.07. The molecule has 1 heterocycles. The predicted molar refractivity (Wildman–Crippen MR) is 73.6 cm³/mol. The topological polar surface area (TPSA) is 99.5 Å². The smallest absolute Gasteiger partial charge is 0.328 e. The predicted octanol–water partition coefficient (Wildman–Crippen LogP) is 2.05. The summed E-state index contributed by atoms with van der Waals surface area (Å²) in [6.07, 6.45) is 1.12. The molecule has 2 aromatic rings. The van der Waals surface area contributed by atoms with Crippen LogP contribution in [0.1, 0.15) is 0 Å². The van der Waals surface area contributed by atoms with Gasteiger partial charge in [0.05, 0.1) is 10.2 Å². The monoisotopic (exact) mass is 280 g/mol. The van der Waals surface area contributed by atoms with Gasteiger partial charge in [0.25, 0.3) is 0 Å². The molecular weight excluding hydrogens is 268 g/mol. The number of thiazole rings is 1. The molecule has 0 aliphatic heterocycles. The first kappa shape index (κ1) is 14.7. The Labute approximate surface area is 113 Å². The lowest BCUT2D eigenvalue weighted by Crippen LogP contribution is -1.91. The Balaban J connectivity index is 0.000000203. The summed E-state index contributed by atoms with van der Waals surface area (Å²) in [5, 5.41) is 19.6. The lowest BCUT2D eigenvalue weighted by molar-refractivity contribution is -0.134. The summed E-state index contributed by atoms with van der Waals surface area (Å²) in [7, 11) is 1.89. The van der Waals surface area contributed by atoms with Crippen molar-refractivity contribution in [3.05, 3.63) is 36.4 Å². The highest BCUT2D eigenvalue weighted by atomic mass is 32.1. The molecule has 0 fully saturated rings. The minimum absolute atomic E-state index is 0.558. The first-order valence-electron chi connectivity index (χ1n) is 5.20. The van der Waals surface area contributed by atoms with E-state index in [0.717, 1.165) is 10.6 Å². The molecule has 0 saturated heterocycles. The van der Waals surface area contributed by atoms with Gasteiger partial charge in [-0.25, -0.2) is 14.6 Å². The van der Waals surface area contributed by atoms with E-state index in [1.807, 2.05) is 25.2 Å². The van der Waals surface area contributed by atoms with Crippen LogP contribution >= 0.6 is 11.3 Å². The Morgan fingerprint density at radius 3 is 2.26 bits per heavy atom. The fourth-order valence-electron chi connectivity index (χ4n) is 1.12. The number of carbonyl (C=O) groups is 2. The van der Waals surface area contributed by atoms with E-state index in [4.69, 9.17) is 10.2 Å². The van der Waals surface area contributed by atoms with Crippen molar-refractivity contribution in [1.29, 1.82) is 0 Å². The fourth-order valence-corrected chi connectivity index (χ4v) is 1.94. The summed E-state index contributed by atoms with van der Waals surface area (Å²) in [6.45, 7) is 0. The molecule has 19 heavy (non-hydrogen) atoms. The van der Waals surface area contributed by atoms with Crippen molar-refractivity contribution >= 4 is 38.6 Å². The number of para-hydroxylation sites is 1. The average Bonchev–Trinajstić information content (AvgIpc) is 2.80. The van der Waals surface area contributed by atoms with E-state index in [-0.39, 0.29) is 0 Å². The standard InChI is InChI=1S/C8H8N2S.C4H4O4/c1-9-8-10-6-4-2-3-5-7(6)11-8;5-3(6)1-2-4(7)8/h2-5H,1H3,(H,9,10);1-2H,(H,5,6)(H,7,8)/b;2-1-. The molecular formula is C12H12N2O4S. The van der Waals surface area contributed by atoms with Gasteiger partial charge in [0.15, 0.2) is 5.13 Å². The van der Waals surface area contributed by atoms with Gasteiger partial charge >= 0.3 is 11.9 Å². The molecule has 6 nitrogen and oxygen atoms in total. The zero-order valence-electron chi connectivity index (χ0n) is 10.0. The lowest BCUT2D eigenvalue weighted by atomic mass is 10.3. The average molecular weight is 280 g/mol. The maximum atomic E-state index is 9.55. The van der Waals surface area contributed by atoms with Crippen LogP contribution in [-0.2, 0) is 9.59 Å². The number of benzene rings is 1. The maximum absolute atomic E-state index is 9.55. The molecule has 2 rings (SSSR count). The number of hydrogen-bond donors (Lipinski definition) is 3. The SMILES string of the molecule is CNc1nc2ccccc2s1.O=C(O)/C=C\C(=O)O. The number of aliphatic carboxylic acids is 2. The van der Waals surface area contributed by atoms with E-state index >= 15 is 0 Å². The zero-order valence-corrected chi connectivity index (χ0v) is 10.8. The van der Waals surface area contributed by atoms with Crippen molar-refractivity contribution in [3.8, 4) is 0 Å². The summed E-state index contributed by atoms with van der Waals surface area (Å²) in [6, 6.07) is 8.13. The third kappa shape index (κ3) is 5.17. The number of carboxylic acids is 2. The van der Waals surface area contributed by atoms with Crippen LogP contribution in [0.2, 0.25) is 0 Å². The summed E-state index contributed by atoms with van der Waals surface area (Å²) in [4.78, 5) is 23.4. The first-order valence-corrected chi connectivity index (χ1v) is 6.02. The fraction of sp³-hybridized carbons (Fsp3) is 0.0833. The molecule has 0 aliphatic carbocycles. The van der Waals surface area contributed by atoms with Crippen LogP contribution in [0.5, 0.6) is 0 Å². The molecule has 0 saturated carbocycles. The Bertz CT molecular complexity index is 558. The molecule has 0 aliphatic rings. The highest BCUT2D eigenvalue weighted by molar-refractivity contribution is 7.22. The van der Waals surface area contributed by atoms with Crippen molar-refractivity contribution in [2.24, 2.45) is 0 Å². The first-order chi connectivity index (χ1) is 9.02. The van der Waals surface area contributed by atoms with Crippen LogP contribution < -0.4 is 5.32 Å². The van der Waals surface area contributed by atoms with Crippen LogP contribution in [0.3, 0.4) is 0 Å². The van der Waals surface area contributed by atoms with Crippen LogP contribution in [-0.4, -0.2) is 34.2 Å². The third-order valence-electron chi connectivity index (χ3n) is 1.88. The molecule has 1 aromatic carbocycles. The summed E-state index contributed by atoms with van der Waals surface area (Å²) < 4.78 is 1.23. The number of hydrogen-bond acceptors (Lipinski definition) is 5. The third-order valence-corrected chi connectivity index (χ3v) is 2.93. The van der Waals surface area contributed by atoms with Gasteiger partial charge < -0.3 is 15.5 Å². The molecule has 0 bridgehead atoms. The number of nitrogens with one attached hydrogen (secondary N) is 1. The van der Waals surface area contributed by atoms with Crippen molar-refractivity contribution in [2.45, 2.75) is 0 Å². The van der Waals surface area contributed by atoms with Crippen LogP contribution in [0, 0.1) is 0 Å². The molecule has 0 spiro atoms. The second kappa shape index (κ2) is 7.12. The van der Waals surface area contributed by atoms with Crippen molar-refractivity contribution in [2.75, 3.05) is 12.4 Å². The second-order valence-electron chi connectivity index (χ2n) is 3.25. The molecule has 0 unspecified atom stereocenters. The maximum Gasteiger partial charge on any atom is 0.328 e. The number of rotatable bonds is 3. The number of carboxylic acid groups (broad SMARTS) is 2. The Morgan fingerprint density at radius 1 is 1.21 bits per heavy atom. The lowest BCUT2D eigenvalue weighted by Gasteiger charge is -1.84. The van der Waals surface area contributed by atoms with Gasteiger partial charge in [-0.2, -0.15) is 0 Å². The van der Waals surface area contributed by atoms with Gasteiger partial charge in [0, 0.05) is 19.2 Å². The molecule has 7 heteroatoms. The van der Waals surface area contributed by atoms with E-state index < -0.39 is 11.9 Å². The number of fused-ring (bicyclic) bond motifs is 1. The van der Waals surface area contributed by atoms with E-state index in [1.165, 1.54) is 4.70 Å². The highest BCUT2D eigenvalue weighted by Crippen LogP contribution is 2.24. The van der Waals surface area contributed by atoms with Crippen molar-refractivity contribution < 1.29 is 19.8 Å². The molecule has 1 aromatic heterocycles. The highest BCUT2D eigenvalue weighted by Gasteiger charge is 1.98. The zero-order chi connectivity index (χ0) is 14.3. The van der Waals surface area contributed by atoms with Crippen LogP contribution in [0.15, 0.2) is 36.4 Å². The summed E-state index contributed by atoms with van der Waals surface area (Å²) >= 11 is 1.68. The molecule has 100 valence electrons. The molecule has 0 amide bonds. The van der Waals surface area contributed by atoms with E-state index in [1.54, 1.807) is 11.3 Å². The van der Waals surface area contributed by atoms with Crippen molar-refractivity contribution in [1.82, 2.24) is 4.98 Å². The minimum Gasteiger partial charge on any atom is -0.478 e. The largest absolute Gasteiger partial charge is 0.478 e. The van der Waals surface area contributed by atoms with Gasteiger partial charge in [-0.1, -0.05) is 23.5 Å². The van der Waals surface area contributed by atoms with E-state index in [0.29, 0.717) is 12.2 Å². The van der Waals surface area contributed by atoms with Crippen LogP contribution in [0.4, 0.5) is 5.13 Å². The molecule has 0 radical (unpaired) electrons. The van der Waals surface area contributed by atoms with E-state index in [9.17, 15) is 9.59 Å². The van der Waals surface area contributed by atoms with Gasteiger partial charge in [0.2, 0.25) is 0 Å².